The van der Waals surface area contributed by atoms with Crippen LogP contribution in [-0.2, 0) is 19.5 Å². The van der Waals surface area contributed by atoms with Gasteiger partial charge in [0.2, 0.25) is 0 Å². The minimum Gasteiger partial charge on any atom is -0.298 e. The van der Waals surface area contributed by atoms with Crippen molar-refractivity contribution in [2.75, 3.05) is 6.54 Å². The normalized spacial score (nSPS) is 16.5. The number of fused-ring (bicyclic) bond motifs is 1. The molecule has 0 aromatic carbocycles. The van der Waals surface area contributed by atoms with Crippen LogP contribution in [0.5, 0.6) is 0 Å². The second-order valence-electron chi connectivity index (χ2n) is 2.89. The van der Waals surface area contributed by atoms with E-state index in [9.17, 15) is 0 Å². The van der Waals surface area contributed by atoms with Crippen LogP contribution in [0.2, 0.25) is 0 Å². The lowest BCUT2D eigenvalue weighted by Gasteiger charge is -2.13. The van der Waals surface area contributed by atoms with Crippen LogP contribution in [0.4, 0.5) is 0 Å². The van der Waals surface area contributed by atoms with Crippen molar-refractivity contribution < 1.29 is 0 Å². The molecule has 1 aliphatic rings. The maximum Gasteiger partial charge on any atom is 0.0907 e. The second kappa shape index (κ2) is 2.66. The average Bonchev–Trinajstić information content (AvgIpc) is 2.46. The van der Waals surface area contributed by atoms with Crippen LogP contribution >= 0.6 is 0 Å². The number of hydrogen-bond acceptors (Lipinski definition) is 2. The van der Waals surface area contributed by atoms with Crippen molar-refractivity contribution in [3.63, 3.8) is 0 Å². The van der Waals surface area contributed by atoms with E-state index in [4.69, 9.17) is 0 Å². The van der Waals surface area contributed by atoms with Gasteiger partial charge >= 0.3 is 0 Å². The van der Waals surface area contributed by atoms with Gasteiger partial charge in [0.25, 0.3) is 0 Å². The second-order valence-corrected chi connectivity index (χ2v) is 2.89. The topological polar surface area (TPSA) is 29.9 Å². The first-order valence-corrected chi connectivity index (χ1v) is 4.16. The lowest BCUT2D eigenvalue weighted by atomic mass is 10.2. The maximum atomic E-state index is 4.42. The van der Waals surface area contributed by atoms with Crippen molar-refractivity contribution >= 4 is 0 Å². The number of aryl methyl sites for hydroxylation is 1. The van der Waals surface area contributed by atoms with Crippen molar-refractivity contribution in [3.8, 4) is 0 Å². The third-order valence-corrected chi connectivity index (χ3v) is 2.10. The molecule has 0 atom stereocenters. The third kappa shape index (κ3) is 1.16. The van der Waals surface area contributed by atoms with Crippen molar-refractivity contribution in [1.82, 2.24) is 15.1 Å². The van der Waals surface area contributed by atoms with Gasteiger partial charge in [-0.1, -0.05) is 6.92 Å². The average molecular weight is 151 g/mol. The lowest BCUT2D eigenvalue weighted by molar-refractivity contribution is 0.451. The molecular formula is C8H13N3. The third-order valence-electron chi connectivity index (χ3n) is 2.10. The van der Waals surface area contributed by atoms with Crippen LogP contribution in [0.15, 0.2) is 6.07 Å². The molecule has 0 saturated carbocycles. The monoisotopic (exact) mass is 151 g/mol. The summed E-state index contributed by atoms with van der Waals surface area (Å²) >= 11 is 0. The molecule has 1 aromatic rings. The fourth-order valence-electron chi connectivity index (χ4n) is 1.43. The smallest absolute Gasteiger partial charge is 0.0907 e. The van der Waals surface area contributed by atoms with Crippen molar-refractivity contribution in [2.45, 2.75) is 26.4 Å². The summed E-state index contributed by atoms with van der Waals surface area (Å²) in [5, 5.41) is 7.70. The number of hydrogen-bond donors (Lipinski definition) is 1. The molecule has 1 aliphatic heterocycles. The molecule has 1 N–H and O–H groups in total. The lowest BCUT2D eigenvalue weighted by Crippen LogP contribution is -2.29. The Balaban J connectivity index is 2.32. The van der Waals surface area contributed by atoms with Crippen LogP contribution in [0.3, 0.4) is 0 Å². The van der Waals surface area contributed by atoms with Gasteiger partial charge in [-0.3, -0.25) is 10.00 Å². The first-order valence-electron chi connectivity index (χ1n) is 4.16. The Labute approximate surface area is 66.4 Å². The summed E-state index contributed by atoms with van der Waals surface area (Å²) in [6, 6.07) is 2.21. The summed E-state index contributed by atoms with van der Waals surface area (Å²) in [4.78, 5) is 0. The maximum absolute atomic E-state index is 4.42. The van der Waals surface area contributed by atoms with Crippen molar-refractivity contribution in [2.24, 2.45) is 0 Å². The Morgan fingerprint density at radius 3 is 3.36 bits per heavy atom. The molecular weight excluding hydrogens is 138 g/mol. The van der Waals surface area contributed by atoms with Crippen molar-refractivity contribution in [1.29, 1.82) is 0 Å². The largest absolute Gasteiger partial charge is 0.298 e. The van der Waals surface area contributed by atoms with Crippen LogP contribution in [0, 0.1) is 0 Å². The fraction of sp³-hybridized carbons (Fsp3) is 0.625. The standard InChI is InChI=1S/C8H13N3/c1-2-7-5-8-3-4-9-6-11(8)10-7/h5,9H,2-4,6H2,1H3. The predicted octanol–water partition coefficient (Wildman–Crippen LogP) is 0.549. The highest BCUT2D eigenvalue weighted by molar-refractivity contribution is 5.11. The van der Waals surface area contributed by atoms with Gasteiger partial charge in [0.05, 0.1) is 12.4 Å². The van der Waals surface area contributed by atoms with Gasteiger partial charge in [-0.2, -0.15) is 5.10 Å². The van der Waals surface area contributed by atoms with E-state index in [0.29, 0.717) is 0 Å². The van der Waals surface area contributed by atoms with Gasteiger partial charge in [-0.25, -0.2) is 0 Å². The molecule has 0 spiro atoms. The molecule has 0 saturated heterocycles. The Morgan fingerprint density at radius 2 is 2.64 bits per heavy atom. The predicted molar refractivity (Wildman–Crippen MR) is 43.3 cm³/mol. The quantitative estimate of drug-likeness (QED) is 0.635. The van der Waals surface area contributed by atoms with Gasteiger partial charge in [-0.05, 0) is 12.5 Å². The Morgan fingerprint density at radius 1 is 1.73 bits per heavy atom. The van der Waals surface area contributed by atoms with Gasteiger partial charge < -0.3 is 0 Å². The van der Waals surface area contributed by atoms with Crippen LogP contribution < -0.4 is 5.32 Å². The van der Waals surface area contributed by atoms with E-state index in [1.807, 2.05) is 0 Å². The molecule has 3 nitrogen and oxygen atoms in total. The zero-order valence-electron chi connectivity index (χ0n) is 6.80. The van der Waals surface area contributed by atoms with E-state index >= 15 is 0 Å². The van der Waals surface area contributed by atoms with E-state index < -0.39 is 0 Å². The van der Waals surface area contributed by atoms with Gasteiger partial charge in [0.15, 0.2) is 0 Å². The molecule has 0 bridgehead atoms. The van der Waals surface area contributed by atoms with Gasteiger partial charge in [0.1, 0.15) is 0 Å². The van der Waals surface area contributed by atoms with E-state index in [1.54, 1.807) is 0 Å². The Kier molecular flexibility index (Phi) is 1.66. The molecule has 3 heteroatoms. The molecule has 2 rings (SSSR count). The zero-order valence-corrected chi connectivity index (χ0v) is 6.80. The number of aromatic nitrogens is 2. The molecule has 0 amide bonds. The molecule has 2 heterocycles. The van der Waals surface area contributed by atoms with Crippen molar-refractivity contribution in [3.05, 3.63) is 17.5 Å². The Bertz CT molecular complexity index is 228. The summed E-state index contributed by atoms with van der Waals surface area (Å²) in [7, 11) is 0. The zero-order chi connectivity index (χ0) is 7.68. The highest BCUT2D eigenvalue weighted by Crippen LogP contribution is 2.07. The van der Waals surface area contributed by atoms with Crippen LogP contribution in [-0.4, -0.2) is 16.3 Å². The highest BCUT2D eigenvalue weighted by Gasteiger charge is 2.09. The minimum absolute atomic E-state index is 0.884. The molecule has 0 aliphatic carbocycles. The van der Waals surface area contributed by atoms with Gasteiger partial charge in [0, 0.05) is 18.7 Å². The number of nitrogens with one attached hydrogen (secondary N) is 1. The van der Waals surface area contributed by atoms with Gasteiger partial charge in [-0.15, -0.1) is 0 Å². The fourth-order valence-corrected chi connectivity index (χ4v) is 1.43. The van der Waals surface area contributed by atoms with Crippen LogP contribution in [0.25, 0.3) is 0 Å². The SMILES string of the molecule is CCc1cc2n(n1)CNCC2. The summed E-state index contributed by atoms with van der Waals surface area (Å²) < 4.78 is 2.06. The molecule has 0 fully saturated rings. The van der Waals surface area contributed by atoms with E-state index in [-0.39, 0.29) is 0 Å². The summed E-state index contributed by atoms with van der Waals surface area (Å²) in [5.74, 6) is 0. The molecule has 11 heavy (non-hydrogen) atoms. The number of rotatable bonds is 1. The summed E-state index contributed by atoms with van der Waals surface area (Å²) in [6.45, 7) is 4.12. The summed E-state index contributed by atoms with van der Waals surface area (Å²) in [6.07, 6.45) is 2.16. The highest BCUT2D eigenvalue weighted by atomic mass is 15.3. The van der Waals surface area contributed by atoms with E-state index in [0.717, 1.165) is 26.1 Å². The first kappa shape index (κ1) is 6.85. The molecule has 1 aromatic heterocycles. The summed E-state index contributed by atoms with van der Waals surface area (Å²) in [5.41, 5.74) is 2.59. The molecule has 0 unspecified atom stereocenters. The first-order chi connectivity index (χ1) is 5.40. The molecule has 0 radical (unpaired) electrons. The Hall–Kier alpha value is -0.830. The van der Waals surface area contributed by atoms with E-state index in [1.165, 1.54) is 11.4 Å². The van der Waals surface area contributed by atoms with Crippen LogP contribution in [0.1, 0.15) is 18.3 Å². The minimum atomic E-state index is 0.884. The molecule has 60 valence electrons. The number of nitrogens with zero attached hydrogens (tertiary/aromatic N) is 2. The van der Waals surface area contributed by atoms with E-state index in [2.05, 4.69) is 28.1 Å².